The van der Waals surface area contributed by atoms with Crippen LogP contribution in [0.5, 0.6) is 0 Å². The Hall–Kier alpha value is -1.95. The first kappa shape index (κ1) is 16.5. The molecule has 1 N–H and O–H groups in total. The molecule has 6 nitrogen and oxygen atoms in total. The minimum absolute atomic E-state index is 0.0500. The van der Waals surface area contributed by atoms with Crippen molar-refractivity contribution < 1.29 is 9.32 Å². The van der Waals surface area contributed by atoms with Crippen LogP contribution in [0.3, 0.4) is 0 Å². The molecule has 4 rings (SSSR count). The average Bonchev–Trinajstić information content (AvgIpc) is 3.40. The van der Waals surface area contributed by atoms with Crippen molar-refractivity contribution in [3.63, 3.8) is 0 Å². The lowest BCUT2D eigenvalue weighted by Gasteiger charge is -2.30. The van der Waals surface area contributed by atoms with Crippen molar-refractivity contribution in [3.8, 4) is 0 Å². The molecule has 25 heavy (non-hydrogen) atoms. The maximum atomic E-state index is 12.8. The summed E-state index contributed by atoms with van der Waals surface area (Å²) >= 11 is 0. The molecular formula is C19H26N4O2. The van der Waals surface area contributed by atoms with Crippen LogP contribution < -0.4 is 5.32 Å². The summed E-state index contributed by atoms with van der Waals surface area (Å²) < 4.78 is 5.32. The van der Waals surface area contributed by atoms with Gasteiger partial charge in [0.25, 0.3) is 11.6 Å². The van der Waals surface area contributed by atoms with Crippen LogP contribution in [0.15, 0.2) is 10.6 Å². The number of carbonyl (C=O) groups excluding carboxylic acids is 1. The molecule has 2 aromatic heterocycles. The predicted octanol–water partition coefficient (Wildman–Crippen LogP) is 2.87. The van der Waals surface area contributed by atoms with Crippen molar-refractivity contribution in [2.24, 2.45) is 5.92 Å². The third kappa shape index (κ3) is 3.54. The summed E-state index contributed by atoms with van der Waals surface area (Å²) in [5, 5.41) is 7.81. The van der Waals surface area contributed by atoms with E-state index >= 15 is 0 Å². The minimum atomic E-state index is -0.0500. The van der Waals surface area contributed by atoms with Gasteiger partial charge in [0.1, 0.15) is 0 Å². The number of nitrogens with zero attached hydrogens (tertiary/aromatic N) is 3. The number of piperidine rings is 1. The fourth-order valence-electron chi connectivity index (χ4n) is 3.59. The molecule has 0 radical (unpaired) electrons. The smallest absolute Gasteiger partial charge is 0.259 e. The normalized spacial score (nSPS) is 19.4. The molecule has 1 amide bonds. The highest BCUT2D eigenvalue weighted by Gasteiger charge is 2.28. The molecule has 2 fully saturated rings. The highest BCUT2D eigenvalue weighted by atomic mass is 16.5. The van der Waals surface area contributed by atoms with Gasteiger partial charge in [-0.2, -0.15) is 0 Å². The van der Waals surface area contributed by atoms with Gasteiger partial charge in [-0.3, -0.25) is 4.79 Å². The standard InChI is InChI=1S/C19H26N4O2/c1-12-5-8-23(9-6-12)10-7-20-18(24)15-11-16(14-3-4-14)21-19-17(15)13(2)22-25-19/h11-12,14H,3-10H2,1-2H3,(H,20,24). The van der Waals surface area contributed by atoms with Crippen molar-refractivity contribution in [1.29, 1.82) is 0 Å². The Labute approximate surface area is 148 Å². The van der Waals surface area contributed by atoms with Gasteiger partial charge < -0.3 is 14.7 Å². The lowest BCUT2D eigenvalue weighted by molar-refractivity contribution is 0.0946. The number of likely N-dealkylation sites (tertiary alicyclic amines) is 1. The second-order valence-electron chi connectivity index (χ2n) is 7.60. The van der Waals surface area contributed by atoms with Crippen LogP contribution in [-0.4, -0.2) is 47.1 Å². The lowest BCUT2D eigenvalue weighted by Crippen LogP contribution is -2.39. The third-order valence-corrected chi connectivity index (χ3v) is 5.47. The average molecular weight is 342 g/mol. The van der Waals surface area contributed by atoms with Gasteiger partial charge in [-0.05, 0) is 57.7 Å². The molecule has 1 aliphatic carbocycles. The summed E-state index contributed by atoms with van der Waals surface area (Å²) in [4.78, 5) is 19.7. The van der Waals surface area contributed by atoms with E-state index in [-0.39, 0.29) is 5.91 Å². The molecule has 2 aliphatic rings. The number of fused-ring (bicyclic) bond motifs is 1. The molecule has 6 heteroatoms. The molecule has 3 heterocycles. The van der Waals surface area contributed by atoms with Crippen LogP contribution in [0.2, 0.25) is 0 Å². The van der Waals surface area contributed by atoms with Crippen LogP contribution in [-0.2, 0) is 0 Å². The van der Waals surface area contributed by atoms with E-state index in [2.05, 4.69) is 27.3 Å². The maximum Gasteiger partial charge on any atom is 0.259 e. The number of aromatic nitrogens is 2. The van der Waals surface area contributed by atoms with Gasteiger partial charge in [0.05, 0.1) is 16.6 Å². The van der Waals surface area contributed by atoms with Gasteiger partial charge in [-0.25, -0.2) is 4.98 Å². The fourth-order valence-corrected chi connectivity index (χ4v) is 3.59. The van der Waals surface area contributed by atoms with E-state index in [1.54, 1.807) is 0 Å². The quantitative estimate of drug-likeness (QED) is 0.905. The van der Waals surface area contributed by atoms with Gasteiger partial charge in [0.2, 0.25) is 0 Å². The maximum absolute atomic E-state index is 12.8. The molecule has 2 aromatic rings. The molecule has 0 spiro atoms. The fraction of sp³-hybridized carbons (Fsp3) is 0.632. The SMILES string of the molecule is Cc1noc2nc(C3CC3)cc(C(=O)NCCN3CCC(C)CC3)c12. The molecule has 1 aliphatic heterocycles. The number of hydrogen-bond acceptors (Lipinski definition) is 5. The lowest BCUT2D eigenvalue weighted by atomic mass is 9.99. The Balaban J connectivity index is 1.45. The number of amides is 1. The van der Waals surface area contributed by atoms with Crippen LogP contribution >= 0.6 is 0 Å². The number of rotatable bonds is 5. The zero-order valence-corrected chi connectivity index (χ0v) is 15.0. The summed E-state index contributed by atoms with van der Waals surface area (Å²) in [6.07, 6.45) is 4.78. The molecule has 1 saturated carbocycles. The Morgan fingerprint density at radius 3 is 2.80 bits per heavy atom. The summed E-state index contributed by atoms with van der Waals surface area (Å²) in [7, 11) is 0. The van der Waals surface area contributed by atoms with Gasteiger partial charge in [0.15, 0.2) is 0 Å². The van der Waals surface area contributed by atoms with E-state index in [9.17, 15) is 4.79 Å². The first-order valence-electron chi connectivity index (χ1n) is 9.39. The van der Waals surface area contributed by atoms with E-state index in [1.165, 1.54) is 12.8 Å². The van der Waals surface area contributed by atoms with Crippen molar-refractivity contribution in [2.75, 3.05) is 26.2 Å². The first-order valence-corrected chi connectivity index (χ1v) is 9.39. The largest absolute Gasteiger partial charge is 0.351 e. The molecule has 0 aromatic carbocycles. The third-order valence-electron chi connectivity index (χ3n) is 5.47. The second-order valence-corrected chi connectivity index (χ2v) is 7.60. The zero-order chi connectivity index (χ0) is 17.4. The number of pyridine rings is 1. The van der Waals surface area contributed by atoms with Crippen LogP contribution in [0, 0.1) is 12.8 Å². The predicted molar refractivity (Wildman–Crippen MR) is 95.7 cm³/mol. The molecule has 0 bridgehead atoms. The Morgan fingerprint density at radius 1 is 1.32 bits per heavy atom. The van der Waals surface area contributed by atoms with Gasteiger partial charge in [-0.15, -0.1) is 0 Å². The van der Waals surface area contributed by atoms with Gasteiger partial charge >= 0.3 is 0 Å². The van der Waals surface area contributed by atoms with Gasteiger partial charge in [0, 0.05) is 24.7 Å². The van der Waals surface area contributed by atoms with E-state index in [0.29, 0.717) is 23.7 Å². The summed E-state index contributed by atoms with van der Waals surface area (Å²) in [6.45, 7) is 8.01. The molecule has 0 unspecified atom stereocenters. The number of aryl methyl sites for hydroxylation is 1. The Morgan fingerprint density at radius 2 is 2.08 bits per heavy atom. The van der Waals surface area contributed by atoms with Crippen LogP contribution in [0.25, 0.3) is 11.1 Å². The highest BCUT2D eigenvalue weighted by molar-refractivity contribution is 6.06. The van der Waals surface area contributed by atoms with Gasteiger partial charge in [-0.1, -0.05) is 12.1 Å². The Kier molecular flexibility index (Phi) is 4.46. The summed E-state index contributed by atoms with van der Waals surface area (Å²) in [5.41, 5.74) is 2.81. The van der Waals surface area contributed by atoms with Crippen LogP contribution in [0.4, 0.5) is 0 Å². The molecule has 1 saturated heterocycles. The minimum Gasteiger partial charge on any atom is -0.351 e. The van der Waals surface area contributed by atoms with Crippen molar-refractivity contribution in [3.05, 3.63) is 23.0 Å². The number of hydrogen-bond donors (Lipinski definition) is 1. The number of carbonyl (C=O) groups is 1. The first-order chi connectivity index (χ1) is 12.1. The summed E-state index contributed by atoms with van der Waals surface area (Å²) in [6, 6.07) is 1.93. The second kappa shape index (κ2) is 6.75. The molecule has 134 valence electrons. The van der Waals surface area contributed by atoms with Crippen molar-refractivity contribution in [1.82, 2.24) is 20.4 Å². The Bertz CT molecular complexity index is 773. The monoisotopic (exact) mass is 342 g/mol. The van der Waals surface area contributed by atoms with E-state index in [1.807, 2.05) is 13.0 Å². The topological polar surface area (TPSA) is 71.3 Å². The van der Waals surface area contributed by atoms with E-state index in [4.69, 9.17) is 4.52 Å². The van der Waals surface area contributed by atoms with E-state index in [0.717, 1.165) is 55.2 Å². The molecule has 0 atom stereocenters. The van der Waals surface area contributed by atoms with E-state index < -0.39 is 0 Å². The number of nitrogens with one attached hydrogen (secondary N) is 1. The summed E-state index contributed by atoms with van der Waals surface area (Å²) in [5.74, 6) is 1.25. The van der Waals surface area contributed by atoms with Crippen LogP contribution in [0.1, 0.15) is 60.3 Å². The van der Waals surface area contributed by atoms with Crippen molar-refractivity contribution >= 4 is 17.0 Å². The van der Waals surface area contributed by atoms with Crippen molar-refractivity contribution in [2.45, 2.75) is 45.4 Å². The molecular weight excluding hydrogens is 316 g/mol. The highest BCUT2D eigenvalue weighted by Crippen LogP contribution is 2.40. The zero-order valence-electron chi connectivity index (χ0n) is 15.0.